The maximum atomic E-state index is 12.6. The number of hydrogen-bond donors (Lipinski definition) is 2. The van der Waals surface area contributed by atoms with E-state index in [4.69, 9.17) is 49.4 Å². The van der Waals surface area contributed by atoms with Crippen molar-refractivity contribution in [3.8, 4) is 23.0 Å². The molecule has 8 bridgehead atoms. The first kappa shape index (κ1) is 42.7. The third kappa shape index (κ3) is 11.3. The molecular weight excluding hydrogens is 748 g/mol. The summed E-state index contributed by atoms with van der Waals surface area (Å²) in [4.78, 5) is 50.6. The minimum absolute atomic E-state index is 0.175. The van der Waals surface area contributed by atoms with Gasteiger partial charge in [-0.2, -0.15) is 0 Å². The number of anilines is 2. The van der Waals surface area contributed by atoms with Crippen molar-refractivity contribution in [2.24, 2.45) is 0 Å². The van der Waals surface area contributed by atoms with E-state index in [1.54, 1.807) is 52.0 Å². The van der Waals surface area contributed by atoms with Gasteiger partial charge in [-0.25, -0.2) is 19.2 Å². The van der Waals surface area contributed by atoms with E-state index in [1.807, 2.05) is 36.4 Å². The molecule has 0 fully saturated rings. The largest absolute Gasteiger partial charge is 0.481 e. The predicted octanol–water partition coefficient (Wildman–Crippen LogP) is 5.30. The van der Waals surface area contributed by atoms with E-state index in [0.29, 0.717) is 78.9 Å². The Bertz CT molecular complexity index is 1870. The lowest BCUT2D eigenvalue weighted by Crippen LogP contribution is -2.18. The number of nitrogens with two attached hydrogens (primary N) is 2. The fourth-order valence-electron chi connectivity index (χ4n) is 6.82. The van der Waals surface area contributed by atoms with Crippen molar-refractivity contribution in [3.05, 3.63) is 105 Å². The summed E-state index contributed by atoms with van der Waals surface area (Å²) < 4.78 is 45.8. The van der Waals surface area contributed by atoms with Crippen LogP contribution >= 0.6 is 0 Å². The molecule has 4 aromatic carbocycles. The van der Waals surface area contributed by atoms with E-state index >= 15 is 0 Å². The van der Waals surface area contributed by atoms with E-state index in [1.165, 1.54) is 0 Å². The van der Waals surface area contributed by atoms with Gasteiger partial charge in [0.05, 0.1) is 26.4 Å². The Morgan fingerprint density at radius 2 is 0.638 bits per heavy atom. The second-order valence-electron chi connectivity index (χ2n) is 13.2. The second kappa shape index (κ2) is 20.6. The highest BCUT2D eigenvalue weighted by Crippen LogP contribution is 2.40. The van der Waals surface area contributed by atoms with Gasteiger partial charge in [-0.15, -0.1) is 0 Å². The molecule has 1 aliphatic carbocycles. The van der Waals surface area contributed by atoms with Crippen LogP contribution in [0.5, 0.6) is 23.0 Å². The lowest BCUT2D eigenvalue weighted by Gasteiger charge is -2.23. The van der Waals surface area contributed by atoms with Gasteiger partial charge in [0.15, 0.2) is 26.4 Å². The molecule has 0 saturated heterocycles. The second-order valence-corrected chi connectivity index (χ2v) is 13.2. The van der Waals surface area contributed by atoms with Gasteiger partial charge < -0.3 is 49.4 Å². The number of nitrogen functional groups attached to an aromatic ring is 2. The van der Waals surface area contributed by atoms with Gasteiger partial charge in [0.1, 0.15) is 23.0 Å². The molecule has 0 unspecified atom stereocenters. The molecule has 0 radical (unpaired) electrons. The van der Waals surface area contributed by atoms with Crippen LogP contribution in [0.4, 0.5) is 11.4 Å². The Hall–Kier alpha value is -6.44. The third-order valence-corrected chi connectivity index (χ3v) is 8.97. The van der Waals surface area contributed by atoms with Gasteiger partial charge in [-0.1, -0.05) is 36.4 Å². The standard InChI is InChI=1S/C44H50N2O12/c1-5-51-37(47)23-55-41-27-11-9-12-28(41)16-32-20-36(46)22-34(44(32)58-26-40(50)54-8-4)18-30-14-10-13-29(42(30)56-24-38(48)52-6-2)17-33-21-35(45)19-31(15-27)43(33)57-25-39(49)53-7-3/h9-14,19-22H,5-8,15-18,23-26,45-46H2,1-4H3. The summed E-state index contributed by atoms with van der Waals surface area (Å²) in [5.41, 5.74) is 19.2. The molecule has 308 valence electrons. The molecule has 4 N–H and O–H groups in total. The number of esters is 4. The number of para-hydroxylation sites is 2. The van der Waals surface area contributed by atoms with Crippen molar-refractivity contribution in [1.29, 1.82) is 0 Å². The highest BCUT2D eigenvalue weighted by Gasteiger charge is 2.24. The number of carbonyl (C=O) groups excluding carboxylic acids is 4. The maximum absolute atomic E-state index is 12.6. The van der Waals surface area contributed by atoms with Crippen LogP contribution in [-0.2, 0) is 63.8 Å². The topological polar surface area (TPSA) is 194 Å². The van der Waals surface area contributed by atoms with Crippen LogP contribution in [0.3, 0.4) is 0 Å². The molecule has 14 heteroatoms. The van der Waals surface area contributed by atoms with Crippen molar-refractivity contribution in [2.75, 3.05) is 64.3 Å². The smallest absolute Gasteiger partial charge is 0.344 e. The van der Waals surface area contributed by atoms with Crippen molar-refractivity contribution >= 4 is 35.3 Å². The summed E-state index contributed by atoms with van der Waals surface area (Å²) in [5, 5.41) is 0. The Kier molecular flexibility index (Phi) is 15.2. The molecule has 0 saturated carbocycles. The van der Waals surface area contributed by atoms with Gasteiger partial charge in [0, 0.05) is 59.3 Å². The molecule has 4 aromatic rings. The summed E-state index contributed by atoms with van der Waals surface area (Å²) in [6.07, 6.45) is 0.789. The van der Waals surface area contributed by atoms with Crippen LogP contribution in [0.25, 0.3) is 0 Å². The molecule has 0 atom stereocenters. The number of ether oxygens (including phenoxy) is 8. The van der Waals surface area contributed by atoms with Gasteiger partial charge in [-0.3, -0.25) is 0 Å². The summed E-state index contributed by atoms with van der Waals surface area (Å²) in [6, 6.07) is 18.2. The maximum Gasteiger partial charge on any atom is 0.344 e. The van der Waals surface area contributed by atoms with E-state index in [2.05, 4.69) is 0 Å². The highest BCUT2D eigenvalue weighted by molar-refractivity contribution is 5.73. The molecule has 1 aliphatic rings. The molecule has 0 aliphatic heterocycles. The van der Waals surface area contributed by atoms with E-state index in [-0.39, 0.29) is 78.5 Å². The molecule has 0 amide bonds. The Morgan fingerprint density at radius 3 is 0.862 bits per heavy atom. The molecule has 0 aromatic heterocycles. The monoisotopic (exact) mass is 798 g/mol. The SMILES string of the molecule is CCOC(=O)COc1c2cccc1Cc1cc(N)cc(c1OCC(=O)OCC)Cc1cccc(c1OCC(=O)OCC)Cc1cc(N)cc(c1OCC(=O)OCC)C2. The average Bonchev–Trinajstić information content (AvgIpc) is 3.17. The van der Waals surface area contributed by atoms with Crippen molar-refractivity contribution in [1.82, 2.24) is 0 Å². The number of hydrogen-bond acceptors (Lipinski definition) is 14. The molecule has 5 rings (SSSR count). The number of rotatable bonds is 16. The van der Waals surface area contributed by atoms with Gasteiger partial charge in [0.2, 0.25) is 0 Å². The zero-order valence-corrected chi connectivity index (χ0v) is 33.3. The van der Waals surface area contributed by atoms with Crippen molar-refractivity contribution in [2.45, 2.75) is 53.4 Å². The lowest BCUT2D eigenvalue weighted by molar-refractivity contribution is -0.146. The van der Waals surface area contributed by atoms with Crippen LogP contribution < -0.4 is 30.4 Å². The fraction of sp³-hybridized carbons (Fsp3) is 0.364. The summed E-state index contributed by atoms with van der Waals surface area (Å²) in [5.74, 6) is -0.618. The fourth-order valence-corrected chi connectivity index (χ4v) is 6.82. The summed E-state index contributed by atoms with van der Waals surface area (Å²) >= 11 is 0. The summed E-state index contributed by atoms with van der Waals surface area (Å²) in [6.45, 7) is 6.05. The quantitative estimate of drug-likeness (QED) is 0.0742. The number of carbonyl (C=O) groups is 4. The van der Waals surface area contributed by atoms with Crippen LogP contribution in [0, 0.1) is 0 Å². The van der Waals surface area contributed by atoms with Crippen LogP contribution in [0.1, 0.15) is 72.2 Å². The summed E-state index contributed by atoms with van der Waals surface area (Å²) in [7, 11) is 0. The average molecular weight is 799 g/mol. The highest BCUT2D eigenvalue weighted by atomic mass is 16.6. The number of fused-ring (bicyclic) bond motifs is 8. The van der Waals surface area contributed by atoms with Crippen LogP contribution in [-0.4, -0.2) is 76.7 Å². The zero-order valence-electron chi connectivity index (χ0n) is 33.3. The molecule has 0 spiro atoms. The minimum atomic E-state index is -0.555. The van der Waals surface area contributed by atoms with Gasteiger partial charge >= 0.3 is 23.9 Å². The molecule has 0 heterocycles. The van der Waals surface area contributed by atoms with Crippen LogP contribution in [0.2, 0.25) is 0 Å². The van der Waals surface area contributed by atoms with Crippen molar-refractivity contribution in [3.63, 3.8) is 0 Å². The first-order chi connectivity index (χ1) is 28.0. The van der Waals surface area contributed by atoms with Crippen molar-refractivity contribution < 1.29 is 57.1 Å². The van der Waals surface area contributed by atoms with Gasteiger partial charge in [-0.05, 0) is 74.2 Å². The molecule has 58 heavy (non-hydrogen) atoms. The third-order valence-electron chi connectivity index (χ3n) is 8.97. The molecule has 14 nitrogen and oxygen atoms in total. The van der Waals surface area contributed by atoms with E-state index in [9.17, 15) is 19.2 Å². The Morgan fingerprint density at radius 1 is 0.414 bits per heavy atom. The number of benzene rings is 4. The molecular formula is C44H50N2O12. The normalized spacial score (nSPS) is 11.8. The lowest BCUT2D eigenvalue weighted by atomic mass is 9.91. The minimum Gasteiger partial charge on any atom is -0.481 e. The van der Waals surface area contributed by atoms with Crippen LogP contribution in [0.15, 0.2) is 60.7 Å². The van der Waals surface area contributed by atoms with Gasteiger partial charge in [0.25, 0.3) is 0 Å². The zero-order chi connectivity index (χ0) is 41.6. The van der Waals surface area contributed by atoms with E-state index < -0.39 is 23.9 Å². The first-order valence-corrected chi connectivity index (χ1v) is 19.2. The predicted molar refractivity (Wildman–Crippen MR) is 214 cm³/mol. The first-order valence-electron chi connectivity index (χ1n) is 19.2. The Labute approximate surface area is 337 Å². The Balaban J connectivity index is 1.77. The van der Waals surface area contributed by atoms with E-state index in [0.717, 1.165) is 0 Å².